The van der Waals surface area contributed by atoms with E-state index in [4.69, 9.17) is 0 Å². The van der Waals surface area contributed by atoms with Crippen LogP contribution in [0.4, 0.5) is 0 Å². The minimum Gasteiger partial charge on any atom is -0.282 e. The maximum Gasteiger partial charge on any atom is 0.261 e. The molecule has 2 atom stereocenters. The van der Waals surface area contributed by atoms with Gasteiger partial charge in [-0.15, -0.1) is 0 Å². The normalized spacial score (nSPS) is 24.5. The summed E-state index contributed by atoms with van der Waals surface area (Å²) < 4.78 is 0. The molecule has 0 saturated carbocycles. The van der Waals surface area contributed by atoms with Gasteiger partial charge in [0.2, 0.25) is 11.8 Å². The number of hydrogen-bond donors (Lipinski definition) is 0. The summed E-state index contributed by atoms with van der Waals surface area (Å²) in [6.07, 6.45) is 6.37. The van der Waals surface area contributed by atoms with E-state index >= 15 is 0 Å². The predicted molar refractivity (Wildman–Crippen MR) is 93.1 cm³/mol. The fraction of sp³-hybridized carbons (Fsp3) is 0.400. The second-order valence-corrected chi connectivity index (χ2v) is 7.00. The van der Waals surface area contributed by atoms with E-state index in [1.807, 2.05) is 12.2 Å². The molecule has 0 aromatic heterocycles. The van der Waals surface area contributed by atoms with E-state index in [0.717, 1.165) is 0 Å². The van der Waals surface area contributed by atoms with Crippen molar-refractivity contribution in [1.29, 1.82) is 0 Å². The Labute approximate surface area is 151 Å². The fourth-order valence-corrected chi connectivity index (χ4v) is 4.07. The average Bonchev–Trinajstić information content (AvgIpc) is 3.06. The summed E-state index contributed by atoms with van der Waals surface area (Å²) in [5.41, 5.74) is 0.887. The van der Waals surface area contributed by atoms with Gasteiger partial charge >= 0.3 is 0 Å². The molecule has 6 nitrogen and oxygen atoms in total. The van der Waals surface area contributed by atoms with Gasteiger partial charge in [0.25, 0.3) is 11.8 Å². The lowest BCUT2D eigenvalue weighted by molar-refractivity contribution is -0.139. The lowest BCUT2D eigenvalue weighted by Gasteiger charge is -2.17. The Morgan fingerprint density at radius 3 is 1.69 bits per heavy atom. The molecule has 2 heterocycles. The van der Waals surface area contributed by atoms with Crippen molar-refractivity contribution in [3.8, 4) is 0 Å². The largest absolute Gasteiger partial charge is 0.282 e. The van der Waals surface area contributed by atoms with Gasteiger partial charge in [-0.2, -0.15) is 0 Å². The number of carbonyl (C=O) groups is 4. The quantitative estimate of drug-likeness (QED) is 0.462. The van der Waals surface area contributed by atoms with E-state index in [1.54, 1.807) is 24.3 Å². The number of carbonyl (C=O) groups excluding carboxylic acids is 4. The van der Waals surface area contributed by atoms with Gasteiger partial charge in [-0.05, 0) is 37.8 Å². The molecular formula is C20H20N2O4. The van der Waals surface area contributed by atoms with Crippen LogP contribution in [0.25, 0.3) is 0 Å². The van der Waals surface area contributed by atoms with Crippen molar-refractivity contribution in [3.63, 3.8) is 0 Å². The SMILES string of the molecule is O=C1c2ccccc2C(=O)N1CCCCN1C(=O)[C@H]2CC=CC[C@H]2C1=O. The zero-order valence-corrected chi connectivity index (χ0v) is 14.4. The van der Waals surface area contributed by atoms with Crippen molar-refractivity contribution in [1.82, 2.24) is 9.80 Å². The van der Waals surface area contributed by atoms with Crippen LogP contribution in [0.3, 0.4) is 0 Å². The van der Waals surface area contributed by atoms with Crippen LogP contribution in [-0.4, -0.2) is 46.5 Å². The zero-order chi connectivity index (χ0) is 18.3. The van der Waals surface area contributed by atoms with Crippen LogP contribution < -0.4 is 0 Å². The highest BCUT2D eigenvalue weighted by molar-refractivity contribution is 6.21. The number of unbranched alkanes of at least 4 members (excludes halogenated alkanes) is 1. The Balaban J connectivity index is 1.31. The van der Waals surface area contributed by atoms with Crippen LogP contribution in [-0.2, 0) is 9.59 Å². The molecule has 2 aliphatic heterocycles. The van der Waals surface area contributed by atoms with Gasteiger partial charge in [-0.25, -0.2) is 0 Å². The monoisotopic (exact) mass is 352 g/mol. The van der Waals surface area contributed by atoms with E-state index in [2.05, 4.69) is 0 Å². The molecule has 1 fully saturated rings. The lowest BCUT2D eigenvalue weighted by atomic mass is 9.85. The van der Waals surface area contributed by atoms with Gasteiger partial charge in [0.15, 0.2) is 0 Å². The summed E-state index contributed by atoms with van der Waals surface area (Å²) in [6.45, 7) is 0.658. The number of amides is 4. The molecule has 134 valence electrons. The molecule has 0 spiro atoms. The molecule has 1 saturated heterocycles. The summed E-state index contributed by atoms with van der Waals surface area (Å²) in [4.78, 5) is 52.1. The van der Waals surface area contributed by atoms with Gasteiger partial charge in [-0.3, -0.25) is 29.0 Å². The van der Waals surface area contributed by atoms with Crippen molar-refractivity contribution >= 4 is 23.6 Å². The fourth-order valence-electron chi connectivity index (χ4n) is 4.07. The first-order valence-electron chi connectivity index (χ1n) is 9.05. The van der Waals surface area contributed by atoms with Crippen molar-refractivity contribution < 1.29 is 19.2 Å². The number of fused-ring (bicyclic) bond motifs is 2. The third-order valence-electron chi connectivity index (χ3n) is 5.49. The topological polar surface area (TPSA) is 74.8 Å². The summed E-state index contributed by atoms with van der Waals surface area (Å²) in [6, 6.07) is 6.80. The highest BCUT2D eigenvalue weighted by Crippen LogP contribution is 2.35. The summed E-state index contributed by atoms with van der Waals surface area (Å²) in [5.74, 6) is -1.10. The molecule has 0 N–H and O–H groups in total. The second kappa shape index (κ2) is 6.52. The van der Waals surface area contributed by atoms with Gasteiger partial charge in [0, 0.05) is 13.1 Å². The molecule has 1 aromatic rings. The number of imide groups is 2. The van der Waals surface area contributed by atoms with Crippen LogP contribution in [0.1, 0.15) is 46.4 Å². The molecule has 6 heteroatoms. The Bertz CT molecular complexity index is 768. The molecular weight excluding hydrogens is 332 g/mol. The minimum absolute atomic E-state index is 0.0786. The number of likely N-dealkylation sites (tertiary alicyclic amines) is 1. The highest BCUT2D eigenvalue weighted by atomic mass is 16.2. The average molecular weight is 352 g/mol. The van der Waals surface area contributed by atoms with E-state index in [9.17, 15) is 19.2 Å². The molecule has 4 rings (SSSR count). The third-order valence-corrected chi connectivity index (χ3v) is 5.49. The number of hydrogen-bond acceptors (Lipinski definition) is 4. The maximum atomic E-state index is 12.4. The molecule has 0 unspecified atom stereocenters. The Morgan fingerprint density at radius 1 is 0.731 bits per heavy atom. The first kappa shape index (κ1) is 16.7. The maximum absolute atomic E-state index is 12.4. The smallest absolute Gasteiger partial charge is 0.261 e. The summed E-state index contributed by atoms with van der Waals surface area (Å²) >= 11 is 0. The number of rotatable bonds is 5. The van der Waals surface area contributed by atoms with E-state index < -0.39 is 0 Å². The van der Waals surface area contributed by atoms with Gasteiger partial charge in [0.1, 0.15) is 0 Å². The molecule has 1 aromatic carbocycles. The van der Waals surface area contributed by atoms with Gasteiger partial charge in [-0.1, -0.05) is 24.3 Å². The van der Waals surface area contributed by atoms with Crippen molar-refractivity contribution in [2.45, 2.75) is 25.7 Å². The van der Waals surface area contributed by atoms with Crippen molar-refractivity contribution in [2.24, 2.45) is 11.8 Å². The molecule has 26 heavy (non-hydrogen) atoms. The molecule has 1 aliphatic carbocycles. The third kappa shape index (κ3) is 2.57. The highest BCUT2D eigenvalue weighted by Gasteiger charge is 2.46. The van der Waals surface area contributed by atoms with E-state index in [1.165, 1.54) is 9.80 Å². The lowest BCUT2D eigenvalue weighted by Crippen LogP contribution is -2.34. The van der Waals surface area contributed by atoms with Crippen molar-refractivity contribution in [3.05, 3.63) is 47.5 Å². The van der Waals surface area contributed by atoms with Crippen LogP contribution >= 0.6 is 0 Å². The van der Waals surface area contributed by atoms with Gasteiger partial charge < -0.3 is 0 Å². The zero-order valence-electron chi connectivity index (χ0n) is 14.4. The van der Waals surface area contributed by atoms with Crippen LogP contribution in [0, 0.1) is 11.8 Å². The number of benzene rings is 1. The standard InChI is InChI=1S/C20H20N2O4/c23-17-13-7-1-2-8-14(13)18(24)21(17)11-5-6-12-22-19(25)15-9-3-4-10-16(15)20(22)26/h1-4,7-8,15-16H,5-6,9-12H2/t15-,16+. The van der Waals surface area contributed by atoms with Crippen LogP contribution in [0.15, 0.2) is 36.4 Å². The Hall–Kier alpha value is -2.76. The van der Waals surface area contributed by atoms with E-state index in [0.29, 0.717) is 49.9 Å². The second-order valence-electron chi connectivity index (χ2n) is 7.00. The Morgan fingerprint density at radius 2 is 1.19 bits per heavy atom. The summed E-state index contributed by atoms with van der Waals surface area (Å²) in [5, 5.41) is 0. The molecule has 4 amide bonds. The summed E-state index contributed by atoms with van der Waals surface area (Å²) in [7, 11) is 0. The number of allylic oxidation sites excluding steroid dienone is 2. The van der Waals surface area contributed by atoms with Crippen molar-refractivity contribution in [2.75, 3.05) is 13.1 Å². The van der Waals surface area contributed by atoms with E-state index in [-0.39, 0.29) is 35.5 Å². The molecule has 0 radical (unpaired) electrons. The minimum atomic E-state index is -0.268. The first-order valence-corrected chi connectivity index (χ1v) is 9.05. The van der Waals surface area contributed by atoms with Gasteiger partial charge in [0.05, 0.1) is 23.0 Å². The number of nitrogens with zero attached hydrogens (tertiary/aromatic N) is 2. The molecule has 3 aliphatic rings. The Kier molecular flexibility index (Phi) is 4.18. The van der Waals surface area contributed by atoms with Crippen LogP contribution in [0.5, 0.6) is 0 Å². The molecule has 0 bridgehead atoms. The first-order chi connectivity index (χ1) is 12.6. The predicted octanol–water partition coefficient (Wildman–Crippen LogP) is 2.01. The van der Waals surface area contributed by atoms with Crippen LogP contribution in [0.2, 0.25) is 0 Å².